The minimum absolute atomic E-state index is 0.00685. The first-order valence-corrected chi connectivity index (χ1v) is 6.77. The zero-order valence-electron chi connectivity index (χ0n) is 12.5. The molecule has 0 bridgehead atoms. The monoisotopic (exact) mass is 327 g/mol. The molecule has 122 valence electrons. The number of carbonyl (C=O) groups is 1. The van der Waals surface area contributed by atoms with Gasteiger partial charge >= 0.3 is 5.97 Å². The predicted octanol–water partition coefficient (Wildman–Crippen LogP) is 4.08. The molecule has 8 nitrogen and oxygen atoms in total. The van der Waals surface area contributed by atoms with Crippen LogP contribution < -0.4 is 4.74 Å². The molecule has 0 saturated heterocycles. The zero-order chi connectivity index (χ0) is 17.4. The first kappa shape index (κ1) is 16.8. The molecule has 0 fully saturated rings. The summed E-state index contributed by atoms with van der Waals surface area (Å²) in [6.45, 7) is 3.06. The van der Waals surface area contributed by atoms with Gasteiger partial charge in [-0.15, -0.1) is 0 Å². The molecule has 0 aliphatic rings. The number of nitro benzene ring substituents is 1. The molecule has 0 aromatic heterocycles. The Labute approximate surface area is 137 Å². The van der Waals surface area contributed by atoms with Crippen LogP contribution in [0.25, 0.3) is 0 Å². The van der Waals surface area contributed by atoms with Gasteiger partial charge < -0.3 is 9.47 Å². The highest BCUT2D eigenvalue weighted by Crippen LogP contribution is 2.22. The number of benzene rings is 2. The number of ether oxygens (including phenoxy) is 2. The molecule has 2 aromatic carbocycles. The number of carbonyl (C=O) groups excluding carboxylic acids is 1. The van der Waals surface area contributed by atoms with E-state index in [2.05, 4.69) is 21.5 Å². The average molecular weight is 327 g/mol. The highest BCUT2D eigenvalue weighted by molar-refractivity contribution is 5.81. The standard InChI is InChI=1S/C16H13N3O5/c1-2-16(20)24-11-23-15-9-5-13(6-10-15)18-17-12-3-7-14(8-4-12)19(21)22/h2-10H,1,11H2/b18-17+. The van der Waals surface area contributed by atoms with E-state index in [1.807, 2.05) is 0 Å². The number of nitro groups is 1. The molecule has 0 N–H and O–H groups in total. The molecule has 0 amide bonds. The molecule has 0 aliphatic carbocycles. The minimum Gasteiger partial charge on any atom is -0.457 e. The normalized spacial score (nSPS) is 10.3. The summed E-state index contributed by atoms with van der Waals surface area (Å²) >= 11 is 0. The van der Waals surface area contributed by atoms with Crippen molar-refractivity contribution < 1.29 is 19.2 Å². The average Bonchev–Trinajstić information content (AvgIpc) is 2.61. The second-order valence-corrected chi connectivity index (χ2v) is 4.40. The van der Waals surface area contributed by atoms with Gasteiger partial charge in [0.15, 0.2) is 0 Å². The number of non-ortho nitro benzene ring substituents is 1. The molecule has 0 heterocycles. The molecule has 0 saturated carbocycles. The predicted molar refractivity (Wildman–Crippen MR) is 85.5 cm³/mol. The number of nitrogens with zero attached hydrogens (tertiary/aromatic N) is 3. The first-order valence-electron chi connectivity index (χ1n) is 6.77. The number of azo groups is 1. The topological polar surface area (TPSA) is 103 Å². The van der Waals surface area contributed by atoms with Gasteiger partial charge in [-0.2, -0.15) is 10.2 Å². The lowest BCUT2D eigenvalue weighted by molar-refractivity contribution is -0.384. The Morgan fingerprint density at radius 2 is 1.62 bits per heavy atom. The van der Waals surface area contributed by atoms with Crippen molar-refractivity contribution in [2.24, 2.45) is 10.2 Å². The molecule has 0 aliphatic heterocycles. The molecule has 0 spiro atoms. The molecular weight excluding hydrogens is 314 g/mol. The van der Waals surface area contributed by atoms with E-state index in [0.29, 0.717) is 17.1 Å². The Morgan fingerprint density at radius 1 is 1.08 bits per heavy atom. The van der Waals surface area contributed by atoms with E-state index < -0.39 is 10.9 Å². The zero-order valence-corrected chi connectivity index (χ0v) is 12.5. The third kappa shape index (κ3) is 5.02. The number of esters is 1. The maximum Gasteiger partial charge on any atom is 0.333 e. The fraction of sp³-hybridized carbons (Fsp3) is 0.0625. The Bertz CT molecular complexity index is 754. The highest BCUT2D eigenvalue weighted by Gasteiger charge is 2.03. The van der Waals surface area contributed by atoms with E-state index in [4.69, 9.17) is 4.74 Å². The van der Waals surface area contributed by atoms with Crippen molar-refractivity contribution in [1.29, 1.82) is 0 Å². The summed E-state index contributed by atoms with van der Waals surface area (Å²) in [4.78, 5) is 20.9. The van der Waals surface area contributed by atoms with Crippen molar-refractivity contribution in [3.8, 4) is 5.75 Å². The van der Waals surface area contributed by atoms with Crippen LogP contribution in [0.3, 0.4) is 0 Å². The van der Waals surface area contributed by atoms with E-state index in [1.54, 1.807) is 24.3 Å². The quantitative estimate of drug-likeness (QED) is 0.190. The molecule has 8 heteroatoms. The number of rotatable bonds is 7. The molecule has 0 radical (unpaired) electrons. The van der Waals surface area contributed by atoms with Gasteiger partial charge in [0.1, 0.15) is 5.75 Å². The summed E-state index contributed by atoms with van der Waals surface area (Å²) in [5, 5.41) is 18.6. The van der Waals surface area contributed by atoms with Crippen LogP contribution in [0.4, 0.5) is 17.1 Å². The van der Waals surface area contributed by atoms with Crippen LogP contribution in [0.2, 0.25) is 0 Å². The van der Waals surface area contributed by atoms with Crippen LogP contribution in [0, 0.1) is 10.1 Å². The van der Waals surface area contributed by atoms with Crippen LogP contribution in [0.15, 0.2) is 71.4 Å². The fourth-order valence-electron chi connectivity index (χ4n) is 1.58. The Morgan fingerprint density at radius 3 is 2.12 bits per heavy atom. The Kier molecular flexibility index (Phi) is 5.73. The van der Waals surface area contributed by atoms with Gasteiger partial charge in [0.25, 0.3) is 5.69 Å². The summed E-state index contributed by atoms with van der Waals surface area (Å²) in [6.07, 6.45) is 1.05. The van der Waals surface area contributed by atoms with Crippen LogP contribution in [-0.4, -0.2) is 17.7 Å². The molecule has 0 atom stereocenters. The maximum absolute atomic E-state index is 10.8. The molecule has 2 aromatic rings. The maximum atomic E-state index is 10.8. The molecular formula is C16H13N3O5. The van der Waals surface area contributed by atoms with E-state index in [0.717, 1.165) is 6.08 Å². The van der Waals surface area contributed by atoms with Crippen LogP contribution in [-0.2, 0) is 9.53 Å². The van der Waals surface area contributed by atoms with Crippen molar-refractivity contribution in [1.82, 2.24) is 0 Å². The minimum atomic E-state index is -0.566. The van der Waals surface area contributed by atoms with Crippen molar-refractivity contribution in [2.45, 2.75) is 0 Å². The molecule has 2 rings (SSSR count). The third-order valence-corrected chi connectivity index (χ3v) is 2.77. The SMILES string of the molecule is C=CC(=O)OCOc1ccc(/N=N/c2ccc([N+](=O)[O-])cc2)cc1. The summed E-state index contributed by atoms with van der Waals surface area (Å²) in [5.74, 6) is -0.0651. The first-order chi connectivity index (χ1) is 11.6. The number of hydrogen-bond donors (Lipinski definition) is 0. The second kappa shape index (κ2) is 8.18. The van der Waals surface area contributed by atoms with Gasteiger partial charge in [0, 0.05) is 18.2 Å². The van der Waals surface area contributed by atoms with Gasteiger partial charge in [-0.05, 0) is 36.4 Å². The second-order valence-electron chi connectivity index (χ2n) is 4.40. The Balaban J connectivity index is 1.92. The van der Waals surface area contributed by atoms with Crippen LogP contribution in [0.1, 0.15) is 0 Å². The number of hydrogen-bond acceptors (Lipinski definition) is 7. The van der Waals surface area contributed by atoms with Gasteiger partial charge in [-0.25, -0.2) is 4.79 Å². The van der Waals surface area contributed by atoms with Gasteiger partial charge in [-0.1, -0.05) is 6.58 Å². The Hall–Kier alpha value is -3.55. The largest absolute Gasteiger partial charge is 0.457 e. The van der Waals surface area contributed by atoms with Crippen molar-refractivity contribution in [3.63, 3.8) is 0 Å². The summed E-state index contributed by atoms with van der Waals surface area (Å²) in [5.41, 5.74) is 1.06. The van der Waals surface area contributed by atoms with E-state index in [9.17, 15) is 14.9 Å². The lowest BCUT2D eigenvalue weighted by Crippen LogP contribution is -2.07. The summed E-state index contributed by atoms with van der Waals surface area (Å²) < 4.78 is 9.89. The van der Waals surface area contributed by atoms with E-state index in [-0.39, 0.29) is 12.5 Å². The van der Waals surface area contributed by atoms with Gasteiger partial charge in [0.05, 0.1) is 16.3 Å². The van der Waals surface area contributed by atoms with Gasteiger partial charge in [0.2, 0.25) is 6.79 Å². The van der Waals surface area contributed by atoms with Crippen molar-refractivity contribution in [2.75, 3.05) is 6.79 Å². The van der Waals surface area contributed by atoms with E-state index >= 15 is 0 Å². The van der Waals surface area contributed by atoms with Crippen molar-refractivity contribution >= 4 is 23.0 Å². The lowest BCUT2D eigenvalue weighted by atomic mass is 10.3. The van der Waals surface area contributed by atoms with Crippen molar-refractivity contribution in [3.05, 3.63) is 71.3 Å². The summed E-state index contributed by atoms with van der Waals surface area (Å²) in [6, 6.07) is 12.3. The van der Waals surface area contributed by atoms with Crippen LogP contribution >= 0.6 is 0 Å². The fourth-order valence-corrected chi connectivity index (χ4v) is 1.58. The van der Waals surface area contributed by atoms with Crippen LogP contribution in [0.5, 0.6) is 5.75 Å². The van der Waals surface area contributed by atoms with Gasteiger partial charge in [-0.3, -0.25) is 10.1 Å². The smallest absolute Gasteiger partial charge is 0.333 e. The molecule has 0 unspecified atom stereocenters. The van der Waals surface area contributed by atoms with E-state index in [1.165, 1.54) is 24.3 Å². The lowest BCUT2D eigenvalue weighted by Gasteiger charge is -2.05. The third-order valence-electron chi connectivity index (χ3n) is 2.77. The highest BCUT2D eigenvalue weighted by atomic mass is 16.7. The summed E-state index contributed by atoms with van der Waals surface area (Å²) in [7, 11) is 0. The molecule has 24 heavy (non-hydrogen) atoms.